The summed E-state index contributed by atoms with van der Waals surface area (Å²) < 4.78 is 0. The summed E-state index contributed by atoms with van der Waals surface area (Å²) in [6, 6.07) is 9.52. The molecule has 1 rings (SSSR count). The van der Waals surface area contributed by atoms with E-state index in [2.05, 4.69) is 5.16 Å². The second kappa shape index (κ2) is 15.0. The minimum Gasteiger partial charge on any atom is -0.481 e. The van der Waals surface area contributed by atoms with E-state index >= 15 is 0 Å². The summed E-state index contributed by atoms with van der Waals surface area (Å²) in [7, 11) is 0. The molecule has 4 N–H and O–H groups in total. The quantitative estimate of drug-likeness (QED) is 0.166. The van der Waals surface area contributed by atoms with Crippen LogP contribution in [0.2, 0.25) is 0 Å². The van der Waals surface area contributed by atoms with Gasteiger partial charge in [0.2, 0.25) is 5.78 Å². The van der Waals surface area contributed by atoms with Gasteiger partial charge >= 0.3 is 23.9 Å². The molecule has 0 spiro atoms. The lowest BCUT2D eigenvalue weighted by Crippen LogP contribution is -2.15. The van der Waals surface area contributed by atoms with Gasteiger partial charge in [-0.2, -0.15) is 0 Å². The first-order valence-corrected chi connectivity index (χ1v) is 8.47. The van der Waals surface area contributed by atoms with Gasteiger partial charge < -0.3 is 25.3 Å². The van der Waals surface area contributed by atoms with E-state index in [0.29, 0.717) is 0 Å². The Labute approximate surface area is 170 Å². The van der Waals surface area contributed by atoms with Crippen LogP contribution in [0.4, 0.5) is 0 Å². The third-order valence-electron chi connectivity index (χ3n) is 3.08. The number of oxime groups is 1. The van der Waals surface area contributed by atoms with Crippen LogP contribution >= 0.6 is 0 Å². The Bertz CT molecular complexity index is 799. The average Bonchev–Trinajstić information content (AvgIpc) is 2.68. The Morgan fingerprint density at radius 1 is 0.800 bits per heavy atom. The number of rotatable bonds is 12. The largest absolute Gasteiger partial charge is 0.481 e. The smallest absolute Gasteiger partial charge is 0.372 e. The lowest BCUT2D eigenvalue weighted by molar-refractivity contribution is -0.149. The van der Waals surface area contributed by atoms with E-state index in [0.717, 1.165) is 5.56 Å². The molecule has 0 saturated carbocycles. The van der Waals surface area contributed by atoms with Crippen LogP contribution < -0.4 is 0 Å². The van der Waals surface area contributed by atoms with Gasteiger partial charge in [-0.25, -0.2) is 9.59 Å². The highest BCUT2D eigenvalue weighted by Gasteiger charge is 2.13. The summed E-state index contributed by atoms with van der Waals surface area (Å²) in [4.78, 5) is 55.7. The van der Waals surface area contributed by atoms with Crippen LogP contribution in [0.3, 0.4) is 0 Å². The van der Waals surface area contributed by atoms with Gasteiger partial charge in [0.25, 0.3) is 0 Å². The molecule has 0 bridgehead atoms. The molecule has 0 aliphatic heterocycles. The topological polar surface area (TPSA) is 188 Å². The fourth-order valence-electron chi connectivity index (χ4n) is 1.65. The fourth-order valence-corrected chi connectivity index (χ4v) is 1.65. The molecule has 0 saturated heterocycles. The molecule has 0 aliphatic carbocycles. The number of nitrogens with zero attached hydrogens (tertiary/aromatic N) is 1. The summed E-state index contributed by atoms with van der Waals surface area (Å²) in [5.74, 6) is -6.18. The lowest BCUT2D eigenvalue weighted by Gasteiger charge is -1.99. The zero-order valence-electron chi connectivity index (χ0n) is 15.8. The van der Waals surface area contributed by atoms with Crippen molar-refractivity contribution in [3.05, 3.63) is 42.0 Å². The summed E-state index contributed by atoms with van der Waals surface area (Å²) in [6.07, 6.45) is 2.17. The zero-order chi connectivity index (χ0) is 22.9. The van der Waals surface area contributed by atoms with Crippen molar-refractivity contribution < 1.29 is 49.2 Å². The molecule has 0 radical (unpaired) electrons. The summed E-state index contributed by atoms with van der Waals surface area (Å²) in [5.41, 5.74) is 0.685. The van der Waals surface area contributed by atoms with Crippen molar-refractivity contribution in [2.24, 2.45) is 5.16 Å². The third kappa shape index (κ3) is 14.1. The van der Waals surface area contributed by atoms with Gasteiger partial charge in [0.1, 0.15) is 6.61 Å². The Hall–Kier alpha value is -4.02. The molecule has 0 heterocycles. The number of carboxylic acid groups (broad SMARTS) is 4. The van der Waals surface area contributed by atoms with Gasteiger partial charge in [0.15, 0.2) is 5.71 Å². The van der Waals surface area contributed by atoms with Crippen LogP contribution in [0.1, 0.15) is 31.2 Å². The molecule has 30 heavy (non-hydrogen) atoms. The number of hydrogen-bond donors (Lipinski definition) is 4. The molecule has 0 aromatic heterocycles. The van der Waals surface area contributed by atoms with Crippen LogP contribution in [0.5, 0.6) is 0 Å². The maximum absolute atomic E-state index is 10.8. The first-order valence-electron chi connectivity index (χ1n) is 8.47. The Balaban J connectivity index is 0.000000710. The molecule has 11 nitrogen and oxygen atoms in total. The predicted octanol–water partition coefficient (Wildman–Crippen LogP) is 1.53. The van der Waals surface area contributed by atoms with Crippen LogP contribution in [0.15, 0.2) is 41.6 Å². The SMILES string of the molecule is O=C(O)CCC(=NOCC=Cc1ccccc1)C(=O)O.O=C(O)CCC(=O)C(=O)O. The number of aliphatic carboxylic acids is 4. The highest BCUT2D eigenvalue weighted by atomic mass is 16.6. The first kappa shape index (κ1) is 26.0. The minimum absolute atomic E-state index is 0.110. The van der Waals surface area contributed by atoms with E-state index in [9.17, 15) is 24.0 Å². The van der Waals surface area contributed by atoms with Crippen molar-refractivity contribution in [2.75, 3.05) is 6.61 Å². The first-order chi connectivity index (χ1) is 14.1. The summed E-state index contributed by atoms with van der Waals surface area (Å²) in [5, 5.41) is 36.7. The van der Waals surface area contributed by atoms with Crippen molar-refractivity contribution in [3.8, 4) is 0 Å². The highest BCUT2D eigenvalue weighted by molar-refractivity contribution is 6.35. The average molecular weight is 423 g/mol. The molecule has 0 unspecified atom stereocenters. The van der Waals surface area contributed by atoms with Crippen molar-refractivity contribution in [1.82, 2.24) is 0 Å². The predicted molar refractivity (Wildman–Crippen MR) is 103 cm³/mol. The summed E-state index contributed by atoms with van der Waals surface area (Å²) >= 11 is 0. The van der Waals surface area contributed by atoms with Crippen LogP contribution in [0.25, 0.3) is 6.08 Å². The molecular formula is C19H21NO10. The molecule has 1 aromatic carbocycles. The van der Waals surface area contributed by atoms with Gasteiger partial charge in [0, 0.05) is 12.8 Å². The second-order valence-electron chi connectivity index (χ2n) is 5.47. The number of carbonyl (C=O) groups is 5. The van der Waals surface area contributed by atoms with Gasteiger partial charge in [0.05, 0.1) is 12.8 Å². The number of hydrogen-bond acceptors (Lipinski definition) is 7. The van der Waals surface area contributed by atoms with Crippen LogP contribution in [0, 0.1) is 0 Å². The van der Waals surface area contributed by atoms with Gasteiger partial charge in [-0.05, 0) is 11.6 Å². The van der Waals surface area contributed by atoms with E-state index in [1.54, 1.807) is 6.08 Å². The van der Waals surface area contributed by atoms with E-state index < -0.39 is 42.5 Å². The second-order valence-corrected chi connectivity index (χ2v) is 5.47. The normalized spacial score (nSPS) is 10.6. The maximum atomic E-state index is 10.8. The van der Waals surface area contributed by atoms with Crippen LogP contribution in [-0.4, -0.2) is 62.4 Å². The third-order valence-corrected chi connectivity index (χ3v) is 3.08. The number of carbonyl (C=O) groups excluding carboxylic acids is 1. The number of carboxylic acids is 4. The number of ketones is 1. The Morgan fingerprint density at radius 3 is 1.87 bits per heavy atom. The molecule has 0 fully saturated rings. The Kier molecular flexibility index (Phi) is 13.0. The van der Waals surface area contributed by atoms with Gasteiger partial charge in [-0.3, -0.25) is 14.4 Å². The molecule has 11 heteroatoms. The lowest BCUT2D eigenvalue weighted by atomic mass is 10.2. The van der Waals surface area contributed by atoms with E-state index in [1.165, 1.54) is 0 Å². The standard InChI is InChI=1S/C14H15NO5.C5H6O5/c16-13(17)9-8-12(14(18)19)15-20-10-4-7-11-5-2-1-3-6-11;6-3(5(9)10)1-2-4(7)8/h1-7H,8-10H2,(H,16,17)(H,18,19);1-2H2,(H,7,8)(H,9,10). The molecular weight excluding hydrogens is 402 g/mol. The van der Waals surface area contributed by atoms with Crippen LogP contribution in [-0.2, 0) is 28.8 Å². The molecule has 0 atom stereocenters. The minimum atomic E-state index is -1.58. The van der Waals surface area contributed by atoms with Gasteiger partial charge in [-0.1, -0.05) is 41.6 Å². The molecule has 0 aliphatic rings. The van der Waals surface area contributed by atoms with Crippen molar-refractivity contribution in [1.29, 1.82) is 0 Å². The maximum Gasteiger partial charge on any atom is 0.372 e. The molecule has 162 valence electrons. The monoisotopic (exact) mass is 423 g/mol. The van der Waals surface area contributed by atoms with E-state index in [4.69, 9.17) is 25.3 Å². The Morgan fingerprint density at radius 2 is 1.37 bits per heavy atom. The van der Waals surface area contributed by atoms with Crippen molar-refractivity contribution >= 4 is 41.4 Å². The van der Waals surface area contributed by atoms with Crippen molar-refractivity contribution in [2.45, 2.75) is 25.7 Å². The zero-order valence-corrected chi connectivity index (χ0v) is 15.8. The van der Waals surface area contributed by atoms with Crippen molar-refractivity contribution in [3.63, 3.8) is 0 Å². The van der Waals surface area contributed by atoms with E-state index in [1.807, 2.05) is 36.4 Å². The summed E-state index contributed by atoms with van der Waals surface area (Å²) in [6.45, 7) is 0.110. The number of benzene rings is 1. The molecule has 0 amide bonds. The van der Waals surface area contributed by atoms with E-state index in [-0.39, 0.29) is 25.2 Å². The number of Topliss-reactive ketones (excluding diaryl/α,β-unsaturated/α-hetero) is 1. The highest BCUT2D eigenvalue weighted by Crippen LogP contribution is 2.01. The van der Waals surface area contributed by atoms with Gasteiger partial charge in [-0.15, -0.1) is 0 Å². The fraction of sp³-hybridized carbons (Fsp3) is 0.263. The molecule has 1 aromatic rings.